The van der Waals surface area contributed by atoms with Gasteiger partial charge in [-0.1, -0.05) is 24.3 Å². The molecule has 1 amide bonds. The van der Waals surface area contributed by atoms with Gasteiger partial charge < -0.3 is 30.0 Å². The van der Waals surface area contributed by atoms with Gasteiger partial charge in [-0.05, 0) is 79.8 Å². The number of ether oxygens (including phenoxy) is 3. The van der Waals surface area contributed by atoms with E-state index < -0.39 is 39.9 Å². The fraction of sp³-hybridized carbons (Fsp3) is 0.529. The van der Waals surface area contributed by atoms with Crippen LogP contribution in [-0.2, 0) is 30.7 Å². The van der Waals surface area contributed by atoms with E-state index in [0.29, 0.717) is 36.1 Å². The summed E-state index contributed by atoms with van der Waals surface area (Å²) in [6.45, 7) is 2.44. The summed E-state index contributed by atoms with van der Waals surface area (Å²) in [6, 6.07) is 7.43. The van der Waals surface area contributed by atoms with Gasteiger partial charge in [0, 0.05) is 36.5 Å². The molecule has 2 saturated heterocycles. The van der Waals surface area contributed by atoms with Gasteiger partial charge >= 0.3 is 6.09 Å². The number of benzene rings is 2. The fourth-order valence-electron chi connectivity index (χ4n) is 6.95. The Bertz CT molecular complexity index is 1930. The number of alkyl carbamates (subject to hydrolysis) is 1. The van der Waals surface area contributed by atoms with Gasteiger partial charge in [0.05, 0.1) is 40.5 Å². The summed E-state index contributed by atoms with van der Waals surface area (Å²) < 4.78 is 75.7. The molecule has 0 spiro atoms. The van der Waals surface area contributed by atoms with Crippen LogP contribution in [0.2, 0.25) is 0 Å². The summed E-state index contributed by atoms with van der Waals surface area (Å²) in [4.78, 5) is 18.1. The van der Waals surface area contributed by atoms with E-state index in [2.05, 4.69) is 15.6 Å². The van der Waals surface area contributed by atoms with Crippen molar-refractivity contribution in [3.63, 3.8) is 0 Å². The molecule has 8 rings (SSSR count). The van der Waals surface area contributed by atoms with Crippen molar-refractivity contribution in [1.82, 2.24) is 14.6 Å². The number of carbonyl (C=O) groups is 1. The molecule has 15 heteroatoms. The van der Waals surface area contributed by atoms with Crippen LogP contribution >= 0.6 is 11.3 Å². The first kappa shape index (κ1) is 33.0. The number of hydrogen-bond donors (Lipinski definition) is 3. The molecule has 49 heavy (non-hydrogen) atoms. The minimum absolute atomic E-state index is 0.0258. The van der Waals surface area contributed by atoms with Crippen molar-refractivity contribution < 1.29 is 41.3 Å². The molecule has 3 aliphatic carbocycles. The lowest BCUT2D eigenvalue weighted by molar-refractivity contribution is -0.161. The molecule has 3 unspecified atom stereocenters. The highest BCUT2D eigenvalue weighted by Gasteiger charge is 2.49. The third-order valence-electron chi connectivity index (χ3n) is 10.2. The van der Waals surface area contributed by atoms with Crippen LogP contribution in [0.3, 0.4) is 0 Å². The lowest BCUT2D eigenvalue weighted by atomic mass is 9.99. The van der Waals surface area contributed by atoms with E-state index in [-0.39, 0.29) is 47.9 Å². The molecule has 2 bridgehead atoms. The van der Waals surface area contributed by atoms with Gasteiger partial charge in [-0.3, -0.25) is 0 Å². The molecule has 4 fully saturated rings. The molecule has 0 radical (unpaired) electrons. The predicted octanol–water partition coefficient (Wildman–Crippen LogP) is 4.91. The van der Waals surface area contributed by atoms with Crippen molar-refractivity contribution in [2.24, 2.45) is 17.3 Å². The number of carbonyl (C=O) groups excluding carboxylic acids is 1. The fourth-order valence-corrected chi connectivity index (χ4v) is 9.65. The summed E-state index contributed by atoms with van der Waals surface area (Å²) in [5.41, 5.74) is 1.61. The van der Waals surface area contributed by atoms with Crippen LogP contribution in [-0.4, -0.2) is 79.7 Å². The predicted molar refractivity (Wildman–Crippen MR) is 176 cm³/mol. The zero-order valence-electron chi connectivity index (χ0n) is 26.9. The first-order chi connectivity index (χ1) is 23.4. The van der Waals surface area contributed by atoms with E-state index in [1.807, 2.05) is 6.92 Å². The number of fused-ring (bicyclic) bond motifs is 2. The van der Waals surface area contributed by atoms with Crippen molar-refractivity contribution in [3.8, 4) is 0 Å². The maximum Gasteiger partial charge on any atom is 0.412 e. The molecule has 5 aliphatic rings. The zero-order valence-corrected chi connectivity index (χ0v) is 28.5. The van der Waals surface area contributed by atoms with E-state index in [0.717, 1.165) is 59.6 Å². The number of aliphatic hydroxyl groups is 1. The lowest BCUT2D eigenvalue weighted by Gasteiger charge is -2.31. The average Bonchev–Trinajstić information content (AvgIpc) is 3.90. The van der Waals surface area contributed by atoms with Crippen molar-refractivity contribution in [2.45, 2.75) is 74.8 Å². The highest BCUT2D eigenvalue weighted by Crippen LogP contribution is 2.48. The molecule has 3 N–H and O–H groups in total. The molecule has 1 aromatic heterocycles. The number of sulfonamides is 1. The molecule has 2 aliphatic heterocycles. The molecular weight excluding hydrogens is 679 g/mol. The monoisotopic (exact) mass is 716 g/mol. The van der Waals surface area contributed by atoms with Crippen LogP contribution < -0.4 is 10.6 Å². The first-order valence-corrected chi connectivity index (χ1v) is 18.9. The number of aliphatic hydroxyl groups excluding tert-OH is 1. The maximum atomic E-state index is 14.3. The Labute approximate surface area is 286 Å². The van der Waals surface area contributed by atoms with E-state index in [9.17, 15) is 27.1 Å². The van der Waals surface area contributed by atoms with Gasteiger partial charge in [0.15, 0.2) is 23.1 Å². The van der Waals surface area contributed by atoms with Gasteiger partial charge in [0.25, 0.3) is 0 Å². The SMILES string of the molecule is CC1(CN(C[C@@H](O)[C@H](Cc2ccc(F)c(F)c2)NC(=O)OC2=C3COC4OCC2CC34)S(=O)(=O)c2ccc3nc(NC4CC4)sc3c2)CC1. The Hall–Kier alpha value is -3.21. The van der Waals surface area contributed by atoms with Crippen LogP contribution in [0.25, 0.3) is 10.2 Å². The molecule has 2 aromatic carbocycles. The third kappa shape index (κ3) is 6.80. The summed E-state index contributed by atoms with van der Waals surface area (Å²) >= 11 is 1.39. The number of anilines is 1. The highest BCUT2D eigenvalue weighted by atomic mass is 32.2. The van der Waals surface area contributed by atoms with Gasteiger partial charge in [0.2, 0.25) is 10.0 Å². The normalized spacial score (nSPS) is 25.1. The Balaban J connectivity index is 1.05. The Morgan fingerprint density at radius 1 is 1.18 bits per heavy atom. The van der Waals surface area contributed by atoms with Gasteiger partial charge in [-0.2, -0.15) is 4.31 Å². The number of aromatic nitrogens is 1. The summed E-state index contributed by atoms with van der Waals surface area (Å²) in [5.74, 6) is -1.69. The number of thiazole rings is 1. The van der Waals surface area contributed by atoms with Crippen LogP contribution in [0.5, 0.6) is 0 Å². The third-order valence-corrected chi connectivity index (χ3v) is 13.0. The number of nitrogens with zero attached hydrogens (tertiary/aromatic N) is 2. The van der Waals surface area contributed by atoms with E-state index >= 15 is 0 Å². The van der Waals surface area contributed by atoms with Crippen LogP contribution in [0.1, 0.15) is 44.6 Å². The second-order valence-electron chi connectivity index (χ2n) is 14.3. The molecular formula is C34H38F2N4O7S2. The summed E-state index contributed by atoms with van der Waals surface area (Å²) in [6.07, 6.45) is 1.82. The highest BCUT2D eigenvalue weighted by molar-refractivity contribution is 7.89. The Morgan fingerprint density at radius 3 is 2.76 bits per heavy atom. The summed E-state index contributed by atoms with van der Waals surface area (Å²) in [5, 5.41) is 18.5. The van der Waals surface area contributed by atoms with Crippen LogP contribution in [0.15, 0.2) is 52.6 Å². The lowest BCUT2D eigenvalue weighted by Crippen LogP contribution is -2.51. The number of halogens is 2. The Kier molecular flexibility index (Phi) is 8.43. The largest absolute Gasteiger partial charge is 0.414 e. The minimum atomic E-state index is -4.12. The van der Waals surface area contributed by atoms with Crippen molar-refractivity contribution in [1.29, 1.82) is 0 Å². The van der Waals surface area contributed by atoms with Gasteiger partial charge in [-0.15, -0.1) is 0 Å². The molecule has 2 saturated carbocycles. The number of nitrogens with one attached hydrogen (secondary N) is 2. The molecule has 3 aromatic rings. The second kappa shape index (κ2) is 12.5. The van der Waals surface area contributed by atoms with Crippen LogP contribution in [0, 0.1) is 28.9 Å². The standard InChI is InChI=1S/C34H38F2N4O7S2/c1-34(8-9-34)17-40(49(43,44)21-5-7-26-29(13-21)48-32(38-26)37-20-3-4-20)14-28(41)27(11-18-2-6-24(35)25(36)10-18)39-33(42)47-30-19-12-22-23(30)16-46-31(22)45-15-19/h2,5-7,10,13,19-20,22,27-28,31,41H,3-4,8-9,11-12,14-17H2,1H3,(H,37,38)(H,39,42)/t19?,22?,27-,28+,31?/m0/s1. The van der Waals surface area contributed by atoms with E-state index in [4.69, 9.17) is 14.2 Å². The number of rotatable bonds is 13. The number of hydrogen-bond acceptors (Lipinski definition) is 10. The topological polar surface area (TPSA) is 139 Å². The minimum Gasteiger partial charge on any atom is -0.414 e. The zero-order chi connectivity index (χ0) is 34.1. The van der Waals surface area contributed by atoms with Crippen molar-refractivity contribution in [3.05, 3.63) is 64.9 Å². The maximum absolute atomic E-state index is 14.3. The molecule has 11 nitrogen and oxygen atoms in total. The first-order valence-electron chi connectivity index (χ1n) is 16.7. The average molecular weight is 717 g/mol. The van der Waals surface area contributed by atoms with Gasteiger partial charge in [0.1, 0.15) is 5.76 Å². The Morgan fingerprint density at radius 2 is 2.00 bits per heavy atom. The van der Waals surface area contributed by atoms with E-state index in [1.165, 1.54) is 27.8 Å². The van der Waals surface area contributed by atoms with Crippen molar-refractivity contribution >= 4 is 42.8 Å². The smallest absolute Gasteiger partial charge is 0.412 e. The second-order valence-corrected chi connectivity index (χ2v) is 17.2. The van der Waals surface area contributed by atoms with Gasteiger partial charge in [-0.25, -0.2) is 27.0 Å². The quantitative estimate of drug-likeness (QED) is 0.225. The molecule has 262 valence electrons. The molecule has 5 atom stereocenters. The van der Waals surface area contributed by atoms with E-state index in [1.54, 1.807) is 12.1 Å². The number of amides is 1. The summed E-state index contributed by atoms with van der Waals surface area (Å²) in [7, 11) is -4.12. The molecule has 3 heterocycles. The van der Waals surface area contributed by atoms with Crippen molar-refractivity contribution in [2.75, 3.05) is 31.6 Å². The van der Waals surface area contributed by atoms with Crippen LogP contribution in [0.4, 0.5) is 18.7 Å².